The average Bonchev–Trinajstić information content (AvgIpc) is 2.14. The summed E-state index contributed by atoms with van der Waals surface area (Å²) < 4.78 is 0. The van der Waals surface area contributed by atoms with E-state index in [1.165, 1.54) is 45.3 Å². The SMILES string of the molecule is CC[NH+]1CCC2(CC1)CC(N(C)C)C2.[I-]. The highest BCUT2D eigenvalue weighted by molar-refractivity contribution is 4.98. The highest BCUT2D eigenvalue weighted by Crippen LogP contribution is 2.48. The van der Waals surface area contributed by atoms with E-state index in [2.05, 4.69) is 25.9 Å². The molecule has 0 aromatic rings. The van der Waals surface area contributed by atoms with Gasteiger partial charge in [-0.1, -0.05) is 0 Å². The molecule has 15 heavy (non-hydrogen) atoms. The van der Waals surface area contributed by atoms with Gasteiger partial charge >= 0.3 is 0 Å². The number of nitrogens with zero attached hydrogens (tertiary/aromatic N) is 1. The predicted molar refractivity (Wildman–Crippen MR) is 59.6 cm³/mol. The van der Waals surface area contributed by atoms with Crippen LogP contribution in [0.15, 0.2) is 0 Å². The zero-order valence-corrected chi connectivity index (χ0v) is 12.5. The Morgan fingerprint density at radius 3 is 2.13 bits per heavy atom. The highest BCUT2D eigenvalue weighted by Gasteiger charge is 2.47. The Bertz CT molecular complexity index is 190. The molecule has 2 nitrogen and oxygen atoms in total. The summed E-state index contributed by atoms with van der Waals surface area (Å²) >= 11 is 0. The molecule has 1 saturated carbocycles. The summed E-state index contributed by atoms with van der Waals surface area (Å²) in [5.41, 5.74) is 0.771. The first-order chi connectivity index (χ1) is 6.65. The topological polar surface area (TPSA) is 7.68 Å². The third-order valence-electron chi connectivity index (χ3n) is 4.59. The number of hydrogen-bond donors (Lipinski definition) is 1. The molecule has 90 valence electrons. The summed E-state index contributed by atoms with van der Waals surface area (Å²) in [5.74, 6) is 0. The molecular weight excluding hydrogens is 299 g/mol. The van der Waals surface area contributed by atoms with Gasteiger partial charge in [-0.3, -0.25) is 0 Å². The standard InChI is InChI=1S/C12H24N2.HI/c1-4-14-7-5-12(6-8-14)9-11(10-12)13(2)3;/h11H,4-10H2,1-3H3;1H. The van der Waals surface area contributed by atoms with E-state index in [0.717, 1.165) is 11.5 Å². The van der Waals surface area contributed by atoms with Crippen molar-refractivity contribution in [3.8, 4) is 0 Å². The zero-order chi connectivity index (χ0) is 10.2. The first-order valence-corrected chi connectivity index (χ1v) is 6.15. The van der Waals surface area contributed by atoms with Gasteiger partial charge in [0.2, 0.25) is 0 Å². The molecule has 0 amide bonds. The van der Waals surface area contributed by atoms with Crippen LogP contribution in [0.2, 0.25) is 0 Å². The van der Waals surface area contributed by atoms with Gasteiger partial charge in [0, 0.05) is 18.9 Å². The Labute approximate surface area is 111 Å². The van der Waals surface area contributed by atoms with Crippen molar-refractivity contribution < 1.29 is 28.9 Å². The van der Waals surface area contributed by atoms with Crippen molar-refractivity contribution in [3.63, 3.8) is 0 Å². The van der Waals surface area contributed by atoms with Crippen molar-refractivity contribution >= 4 is 0 Å². The Morgan fingerprint density at radius 1 is 1.20 bits per heavy atom. The molecule has 0 aromatic carbocycles. The van der Waals surface area contributed by atoms with E-state index in [1.54, 1.807) is 0 Å². The zero-order valence-electron chi connectivity index (χ0n) is 10.4. The van der Waals surface area contributed by atoms with Gasteiger partial charge in [-0.2, -0.15) is 0 Å². The lowest BCUT2D eigenvalue weighted by molar-refractivity contribution is -0.906. The Morgan fingerprint density at radius 2 is 1.73 bits per heavy atom. The number of hydrogen-bond acceptors (Lipinski definition) is 1. The maximum absolute atomic E-state index is 2.41. The maximum atomic E-state index is 2.41. The summed E-state index contributed by atoms with van der Waals surface area (Å²) in [5, 5.41) is 0. The fourth-order valence-electron chi connectivity index (χ4n) is 3.20. The van der Waals surface area contributed by atoms with Crippen molar-refractivity contribution in [2.75, 3.05) is 33.7 Å². The van der Waals surface area contributed by atoms with E-state index in [4.69, 9.17) is 0 Å². The van der Waals surface area contributed by atoms with Crippen LogP contribution in [0.3, 0.4) is 0 Å². The summed E-state index contributed by atoms with van der Waals surface area (Å²) in [4.78, 5) is 4.23. The van der Waals surface area contributed by atoms with Gasteiger partial charge < -0.3 is 33.8 Å². The lowest BCUT2D eigenvalue weighted by Crippen LogP contribution is -3.13. The molecular formula is C12H25IN2. The van der Waals surface area contributed by atoms with E-state index < -0.39 is 0 Å². The number of nitrogens with one attached hydrogen (secondary N) is 1. The molecule has 1 heterocycles. The van der Waals surface area contributed by atoms with Crippen molar-refractivity contribution in [1.29, 1.82) is 0 Å². The fraction of sp³-hybridized carbons (Fsp3) is 1.00. The van der Waals surface area contributed by atoms with Crippen molar-refractivity contribution in [2.45, 2.75) is 38.6 Å². The van der Waals surface area contributed by atoms with E-state index in [9.17, 15) is 0 Å². The monoisotopic (exact) mass is 324 g/mol. The number of piperidine rings is 1. The molecule has 0 radical (unpaired) electrons. The summed E-state index contributed by atoms with van der Waals surface area (Å²) in [6, 6.07) is 0.887. The van der Waals surface area contributed by atoms with Gasteiger partial charge in [0.05, 0.1) is 19.6 Å². The minimum absolute atomic E-state index is 0. The van der Waals surface area contributed by atoms with Crippen LogP contribution in [0, 0.1) is 5.41 Å². The summed E-state index contributed by atoms with van der Waals surface area (Å²) in [6.45, 7) is 6.50. The van der Waals surface area contributed by atoms with Gasteiger partial charge in [0.25, 0.3) is 0 Å². The largest absolute Gasteiger partial charge is 1.00 e. The minimum atomic E-state index is 0. The molecule has 2 aliphatic rings. The molecule has 1 spiro atoms. The number of quaternary nitrogens is 1. The van der Waals surface area contributed by atoms with Gasteiger partial charge in [-0.05, 0) is 39.3 Å². The fourth-order valence-corrected chi connectivity index (χ4v) is 3.20. The molecule has 1 aliphatic carbocycles. The molecule has 3 heteroatoms. The Kier molecular flexibility index (Phi) is 4.86. The minimum Gasteiger partial charge on any atom is -1.00 e. The van der Waals surface area contributed by atoms with Crippen LogP contribution in [-0.4, -0.2) is 44.7 Å². The third kappa shape index (κ3) is 2.86. The lowest BCUT2D eigenvalue weighted by atomic mass is 9.60. The Balaban J connectivity index is 0.00000112. The molecule has 0 atom stereocenters. The third-order valence-corrected chi connectivity index (χ3v) is 4.59. The first-order valence-electron chi connectivity index (χ1n) is 6.15. The number of likely N-dealkylation sites (tertiary alicyclic amines) is 1. The molecule has 0 bridgehead atoms. The van der Waals surface area contributed by atoms with E-state index in [0.29, 0.717) is 0 Å². The summed E-state index contributed by atoms with van der Waals surface area (Å²) in [7, 11) is 4.45. The quantitative estimate of drug-likeness (QED) is 0.548. The second kappa shape index (κ2) is 5.32. The highest BCUT2D eigenvalue weighted by atomic mass is 127. The molecule has 0 unspecified atom stereocenters. The molecule has 2 rings (SSSR count). The van der Waals surface area contributed by atoms with Crippen LogP contribution in [0.4, 0.5) is 0 Å². The lowest BCUT2D eigenvalue weighted by Gasteiger charge is -2.52. The number of rotatable bonds is 2. The van der Waals surface area contributed by atoms with Crippen LogP contribution in [0.5, 0.6) is 0 Å². The second-order valence-corrected chi connectivity index (χ2v) is 5.63. The van der Waals surface area contributed by atoms with Crippen molar-refractivity contribution in [2.24, 2.45) is 5.41 Å². The summed E-state index contributed by atoms with van der Waals surface area (Å²) in [6.07, 6.45) is 5.91. The van der Waals surface area contributed by atoms with Crippen LogP contribution in [0.1, 0.15) is 32.6 Å². The Hall–Kier alpha value is 0.650. The smallest absolute Gasteiger partial charge is 0.0776 e. The average molecular weight is 324 g/mol. The molecule has 1 aliphatic heterocycles. The van der Waals surface area contributed by atoms with Crippen molar-refractivity contribution in [3.05, 3.63) is 0 Å². The van der Waals surface area contributed by atoms with E-state index in [1.807, 2.05) is 4.90 Å². The molecule has 0 aromatic heterocycles. The van der Waals surface area contributed by atoms with Crippen LogP contribution < -0.4 is 28.9 Å². The van der Waals surface area contributed by atoms with Gasteiger partial charge in [0.15, 0.2) is 0 Å². The van der Waals surface area contributed by atoms with Crippen LogP contribution in [-0.2, 0) is 0 Å². The maximum Gasteiger partial charge on any atom is 0.0776 e. The van der Waals surface area contributed by atoms with Gasteiger partial charge in [-0.15, -0.1) is 0 Å². The second-order valence-electron chi connectivity index (χ2n) is 5.63. The van der Waals surface area contributed by atoms with Crippen molar-refractivity contribution in [1.82, 2.24) is 4.90 Å². The first kappa shape index (κ1) is 13.7. The van der Waals surface area contributed by atoms with Gasteiger partial charge in [-0.25, -0.2) is 0 Å². The predicted octanol–water partition coefficient (Wildman–Crippen LogP) is -2.60. The molecule has 1 N–H and O–H groups in total. The van der Waals surface area contributed by atoms with E-state index in [-0.39, 0.29) is 24.0 Å². The van der Waals surface area contributed by atoms with Gasteiger partial charge in [0.1, 0.15) is 0 Å². The van der Waals surface area contributed by atoms with Crippen LogP contribution in [0.25, 0.3) is 0 Å². The molecule has 1 saturated heterocycles. The van der Waals surface area contributed by atoms with Crippen LogP contribution >= 0.6 is 0 Å². The molecule has 2 fully saturated rings. The number of halogens is 1. The normalized spacial score (nSPS) is 40.0. The van der Waals surface area contributed by atoms with E-state index >= 15 is 0 Å².